The molecular formula is C14H14N2O2S. The molecule has 4 nitrogen and oxygen atoms in total. The Balaban J connectivity index is 2.08. The Labute approximate surface area is 115 Å². The van der Waals surface area contributed by atoms with Crippen molar-refractivity contribution in [2.24, 2.45) is 5.10 Å². The number of amides is 1. The summed E-state index contributed by atoms with van der Waals surface area (Å²) in [4.78, 5) is 12.9. The van der Waals surface area contributed by atoms with Crippen LogP contribution < -0.4 is 10.2 Å². The maximum absolute atomic E-state index is 12.0. The number of thiophene rings is 1. The first-order valence-electron chi connectivity index (χ1n) is 5.72. The van der Waals surface area contributed by atoms with E-state index in [0.29, 0.717) is 11.3 Å². The molecule has 0 fully saturated rings. The van der Waals surface area contributed by atoms with Crippen LogP contribution in [-0.4, -0.2) is 19.2 Å². The monoisotopic (exact) mass is 274 g/mol. The van der Waals surface area contributed by atoms with Gasteiger partial charge in [-0.15, -0.1) is 11.3 Å². The molecule has 1 heterocycles. The first-order valence-corrected chi connectivity index (χ1v) is 6.60. The molecule has 0 unspecified atom stereocenters. The van der Waals surface area contributed by atoms with Crippen LogP contribution in [-0.2, 0) is 0 Å². The highest BCUT2D eigenvalue weighted by Crippen LogP contribution is 2.19. The number of benzene rings is 1. The van der Waals surface area contributed by atoms with E-state index in [1.54, 1.807) is 30.7 Å². The van der Waals surface area contributed by atoms with Gasteiger partial charge >= 0.3 is 0 Å². The van der Waals surface area contributed by atoms with E-state index < -0.39 is 0 Å². The van der Waals surface area contributed by atoms with Crippen LogP contribution in [0.4, 0.5) is 0 Å². The molecule has 0 spiro atoms. The summed E-state index contributed by atoms with van der Waals surface area (Å²) in [5, 5.41) is 5.87. The predicted molar refractivity (Wildman–Crippen MR) is 77.1 cm³/mol. The molecule has 1 amide bonds. The van der Waals surface area contributed by atoms with Crippen molar-refractivity contribution in [2.75, 3.05) is 7.11 Å². The fourth-order valence-corrected chi connectivity index (χ4v) is 2.15. The van der Waals surface area contributed by atoms with Crippen LogP contribution >= 0.6 is 11.3 Å². The van der Waals surface area contributed by atoms with E-state index in [9.17, 15) is 4.79 Å². The van der Waals surface area contributed by atoms with Gasteiger partial charge in [-0.1, -0.05) is 12.1 Å². The molecular weight excluding hydrogens is 260 g/mol. The molecule has 0 radical (unpaired) electrons. The molecule has 1 N–H and O–H groups in total. The largest absolute Gasteiger partial charge is 0.496 e. The minimum absolute atomic E-state index is 0.287. The van der Waals surface area contributed by atoms with Gasteiger partial charge in [-0.3, -0.25) is 4.79 Å². The third kappa shape index (κ3) is 3.42. The maximum Gasteiger partial charge on any atom is 0.275 e. The van der Waals surface area contributed by atoms with Gasteiger partial charge in [0.05, 0.1) is 18.9 Å². The first kappa shape index (κ1) is 13.3. The highest BCUT2D eigenvalue weighted by Gasteiger charge is 2.11. The first-order chi connectivity index (χ1) is 9.20. The van der Waals surface area contributed by atoms with Gasteiger partial charge in [0.2, 0.25) is 0 Å². The van der Waals surface area contributed by atoms with E-state index in [0.717, 1.165) is 10.4 Å². The van der Waals surface area contributed by atoms with Gasteiger partial charge in [0.1, 0.15) is 5.75 Å². The van der Waals surface area contributed by atoms with Gasteiger partial charge in [0.25, 0.3) is 5.91 Å². The molecule has 2 aromatic rings. The Morgan fingerprint density at radius 1 is 1.42 bits per heavy atom. The number of hydrogen-bond acceptors (Lipinski definition) is 4. The van der Waals surface area contributed by atoms with Crippen LogP contribution in [0, 0.1) is 6.92 Å². The van der Waals surface area contributed by atoms with E-state index in [1.165, 1.54) is 0 Å². The molecule has 0 aliphatic heterocycles. The summed E-state index contributed by atoms with van der Waals surface area (Å²) < 4.78 is 5.19. The van der Waals surface area contributed by atoms with E-state index in [1.807, 2.05) is 36.6 Å². The van der Waals surface area contributed by atoms with Crippen LogP contribution in [0.3, 0.4) is 0 Å². The average Bonchev–Trinajstić information content (AvgIpc) is 2.91. The molecule has 0 aliphatic rings. The molecule has 19 heavy (non-hydrogen) atoms. The second-order valence-corrected chi connectivity index (χ2v) is 4.90. The van der Waals surface area contributed by atoms with Gasteiger partial charge in [-0.25, -0.2) is 5.43 Å². The zero-order valence-electron chi connectivity index (χ0n) is 10.7. The quantitative estimate of drug-likeness (QED) is 0.688. The zero-order chi connectivity index (χ0) is 13.7. The Bertz CT molecular complexity index is 591. The van der Waals surface area contributed by atoms with E-state index in [-0.39, 0.29) is 5.91 Å². The molecule has 2 rings (SSSR count). The van der Waals surface area contributed by atoms with Crippen molar-refractivity contribution in [1.82, 2.24) is 5.43 Å². The van der Waals surface area contributed by atoms with Crippen molar-refractivity contribution in [3.63, 3.8) is 0 Å². The van der Waals surface area contributed by atoms with Gasteiger partial charge < -0.3 is 4.74 Å². The minimum atomic E-state index is -0.287. The van der Waals surface area contributed by atoms with Crippen molar-refractivity contribution >= 4 is 23.5 Å². The lowest BCUT2D eigenvalue weighted by atomic mass is 10.1. The molecule has 0 saturated carbocycles. The lowest BCUT2D eigenvalue weighted by molar-refractivity contribution is 0.0952. The number of carbonyl (C=O) groups is 1. The van der Waals surface area contributed by atoms with Gasteiger partial charge in [0.15, 0.2) is 0 Å². The Kier molecular flexibility index (Phi) is 4.30. The van der Waals surface area contributed by atoms with Crippen LogP contribution in [0.2, 0.25) is 0 Å². The molecule has 98 valence electrons. The Morgan fingerprint density at radius 3 is 2.95 bits per heavy atom. The number of nitrogens with zero attached hydrogens (tertiary/aromatic N) is 1. The van der Waals surface area contributed by atoms with Gasteiger partial charge in [-0.2, -0.15) is 5.10 Å². The fourth-order valence-electron chi connectivity index (χ4n) is 1.57. The summed E-state index contributed by atoms with van der Waals surface area (Å²) in [6, 6.07) is 9.26. The van der Waals surface area contributed by atoms with E-state index >= 15 is 0 Å². The number of hydrazone groups is 1. The third-order valence-corrected chi connectivity index (χ3v) is 3.31. The number of nitrogens with one attached hydrogen (secondary N) is 1. The zero-order valence-corrected chi connectivity index (χ0v) is 11.5. The molecule has 5 heteroatoms. The van der Waals surface area contributed by atoms with Crippen molar-refractivity contribution < 1.29 is 9.53 Å². The van der Waals surface area contributed by atoms with Gasteiger partial charge in [-0.05, 0) is 36.1 Å². The number of rotatable bonds is 4. The summed E-state index contributed by atoms with van der Waals surface area (Å²) in [7, 11) is 1.54. The standard InChI is InChI=1S/C14H14N2O2S/c1-10-5-6-12(13(8-10)18-2)14(17)16-15-9-11-4-3-7-19-11/h3-9H,1-2H3,(H,16,17)/b15-9-. The number of aryl methyl sites for hydroxylation is 1. The number of carbonyl (C=O) groups excluding carboxylic acids is 1. The van der Waals surface area contributed by atoms with E-state index in [4.69, 9.17) is 4.74 Å². The second kappa shape index (κ2) is 6.15. The maximum atomic E-state index is 12.0. The average molecular weight is 274 g/mol. The molecule has 1 aromatic heterocycles. The molecule has 0 saturated heterocycles. The molecule has 0 bridgehead atoms. The molecule has 1 aromatic carbocycles. The lowest BCUT2D eigenvalue weighted by Gasteiger charge is -2.07. The minimum Gasteiger partial charge on any atom is -0.496 e. The number of methoxy groups -OCH3 is 1. The smallest absolute Gasteiger partial charge is 0.275 e. The molecule has 0 aliphatic carbocycles. The Hall–Kier alpha value is -2.14. The fraction of sp³-hybridized carbons (Fsp3) is 0.143. The number of hydrogen-bond donors (Lipinski definition) is 1. The van der Waals surface area contributed by atoms with Crippen LogP contribution in [0.15, 0.2) is 40.8 Å². The normalized spacial score (nSPS) is 10.6. The SMILES string of the molecule is COc1cc(C)ccc1C(=O)N/N=C\c1cccs1. The van der Waals surface area contributed by atoms with Gasteiger partial charge in [0, 0.05) is 4.88 Å². The predicted octanol–water partition coefficient (Wildman–Crippen LogP) is 2.83. The summed E-state index contributed by atoms with van der Waals surface area (Å²) in [5.74, 6) is 0.258. The highest BCUT2D eigenvalue weighted by atomic mass is 32.1. The molecule has 0 atom stereocenters. The summed E-state index contributed by atoms with van der Waals surface area (Å²) in [6.45, 7) is 1.94. The summed E-state index contributed by atoms with van der Waals surface area (Å²) in [6.07, 6.45) is 1.61. The second-order valence-electron chi connectivity index (χ2n) is 3.92. The van der Waals surface area contributed by atoms with Crippen molar-refractivity contribution in [3.05, 3.63) is 51.7 Å². The van der Waals surface area contributed by atoms with Crippen LogP contribution in [0.1, 0.15) is 20.8 Å². The lowest BCUT2D eigenvalue weighted by Crippen LogP contribution is -2.18. The third-order valence-electron chi connectivity index (χ3n) is 2.50. The number of ether oxygens (including phenoxy) is 1. The highest BCUT2D eigenvalue weighted by molar-refractivity contribution is 7.11. The summed E-state index contributed by atoms with van der Waals surface area (Å²) in [5.41, 5.74) is 3.99. The van der Waals surface area contributed by atoms with E-state index in [2.05, 4.69) is 10.5 Å². The Morgan fingerprint density at radius 2 is 2.26 bits per heavy atom. The van der Waals surface area contributed by atoms with Crippen molar-refractivity contribution in [3.8, 4) is 5.75 Å². The van der Waals surface area contributed by atoms with Crippen molar-refractivity contribution in [1.29, 1.82) is 0 Å². The van der Waals surface area contributed by atoms with Crippen molar-refractivity contribution in [2.45, 2.75) is 6.92 Å². The summed E-state index contributed by atoms with van der Waals surface area (Å²) >= 11 is 1.55. The van der Waals surface area contributed by atoms with Crippen LogP contribution in [0.25, 0.3) is 0 Å². The van der Waals surface area contributed by atoms with Crippen LogP contribution in [0.5, 0.6) is 5.75 Å². The topological polar surface area (TPSA) is 50.7 Å².